The number of benzene rings is 1. The Bertz CT molecular complexity index is 737. The van der Waals surface area contributed by atoms with Gasteiger partial charge in [-0.15, -0.1) is 0 Å². The molecule has 2 bridgehead atoms. The molecule has 1 heterocycles. The zero-order valence-corrected chi connectivity index (χ0v) is 12.5. The number of methoxy groups -OCH3 is 1. The highest BCUT2D eigenvalue weighted by Crippen LogP contribution is 2.65. The van der Waals surface area contributed by atoms with Crippen LogP contribution in [-0.2, 0) is 16.6 Å². The van der Waals surface area contributed by atoms with E-state index in [1.165, 1.54) is 11.6 Å². The maximum Gasteiger partial charge on any atom is 0.196 e. The summed E-state index contributed by atoms with van der Waals surface area (Å²) < 4.78 is 11.5. The molecule has 1 saturated carbocycles. The normalized spacial score (nSPS) is 40.2. The summed E-state index contributed by atoms with van der Waals surface area (Å²) in [6.07, 6.45) is 6.28. The Labute approximate surface area is 128 Å². The van der Waals surface area contributed by atoms with Gasteiger partial charge in [-0.05, 0) is 49.0 Å². The molecule has 4 nitrogen and oxygen atoms in total. The van der Waals surface area contributed by atoms with Crippen LogP contribution in [-0.4, -0.2) is 29.7 Å². The largest absolute Gasteiger partial charge is 0.493 e. The van der Waals surface area contributed by atoms with Gasteiger partial charge in [0.2, 0.25) is 0 Å². The minimum absolute atomic E-state index is 0.0450. The van der Waals surface area contributed by atoms with Crippen molar-refractivity contribution in [2.75, 3.05) is 7.11 Å². The van der Waals surface area contributed by atoms with Crippen LogP contribution in [0.2, 0.25) is 0 Å². The molecule has 1 aromatic rings. The van der Waals surface area contributed by atoms with Gasteiger partial charge in [0, 0.05) is 5.56 Å². The standard InChI is InChI=1S/C18H18O4/c1-21-13-5-4-10-9-11-3-2-7-17-14(10)15(13)22-16(17)12(19)6-8-18(11,17)20/h4-6,8,11,16,20H,2-3,7,9H2,1H3. The Morgan fingerprint density at radius 3 is 3.09 bits per heavy atom. The second-order valence-corrected chi connectivity index (χ2v) is 6.95. The van der Waals surface area contributed by atoms with Crippen LogP contribution in [0.4, 0.5) is 0 Å². The van der Waals surface area contributed by atoms with Crippen molar-refractivity contribution >= 4 is 5.78 Å². The summed E-state index contributed by atoms with van der Waals surface area (Å²) in [7, 11) is 1.61. The topological polar surface area (TPSA) is 55.8 Å². The van der Waals surface area contributed by atoms with Crippen molar-refractivity contribution in [3.63, 3.8) is 0 Å². The summed E-state index contributed by atoms with van der Waals surface area (Å²) in [6.45, 7) is 0. The highest BCUT2D eigenvalue weighted by molar-refractivity contribution is 5.98. The first-order chi connectivity index (χ1) is 10.6. The monoisotopic (exact) mass is 298 g/mol. The van der Waals surface area contributed by atoms with Crippen LogP contribution in [0.5, 0.6) is 11.5 Å². The molecule has 22 heavy (non-hydrogen) atoms. The molecular formula is C18H18O4. The van der Waals surface area contributed by atoms with Crippen LogP contribution in [0.3, 0.4) is 0 Å². The van der Waals surface area contributed by atoms with Crippen molar-refractivity contribution in [1.29, 1.82) is 0 Å². The molecule has 0 radical (unpaired) electrons. The van der Waals surface area contributed by atoms with E-state index in [1.54, 1.807) is 13.2 Å². The summed E-state index contributed by atoms with van der Waals surface area (Å²) in [5, 5.41) is 11.5. The van der Waals surface area contributed by atoms with Crippen molar-refractivity contribution in [2.45, 2.75) is 42.8 Å². The van der Waals surface area contributed by atoms with E-state index in [1.807, 2.05) is 6.07 Å². The van der Waals surface area contributed by atoms with Gasteiger partial charge in [-0.3, -0.25) is 4.79 Å². The SMILES string of the molecule is COc1ccc2c3c1OC1C(=O)C=CC4(O)C(CCCC314)C2. The van der Waals surface area contributed by atoms with Crippen LogP contribution < -0.4 is 9.47 Å². The molecule has 1 spiro atoms. The minimum Gasteiger partial charge on any atom is -0.493 e. The molecule has 0 saturated heterocycles. The molecule has 1 aromatic carbocycles. The first-order valence-electron chi connectivity index (χ1n) is 7.94. The van der Waals surface area contributed by atoms with E-state index >= 15 is 0 Å². The quantitative estimate of drug-likeness (QED) is 0.860. The van der Waals surface area contributed by atoms with E-state index < -0.39 is 17.1 Å². The molecule has 1 aliphatic heterocycles. The number of carbonyl (C=O) groups excluding carboxylic acids is 1. The Balaban J connectivity index is 1.90. The number of rotatable bonds is 1. The second kappa shape index (κ2) is 3.74. The van der Waals surface area contributed by atoms with Gasteiger partial charge in [-0.25, -0.2) is 0 Å². The average Bonchev–Trinajstić information content (AvgIpc) is 2.85. The molecule has 0 amide bonds. The fourth-order valence-electron chi connectivity index (χ4n) is 5.37. The van der Waals surface area contributed by atoms with Gasteiger partial charge in [0.15, 0.2) is 23.4 Å². The maximum atomic E-state index is 12.5. The summed E-state index contributed by atoms with van der Waals surface area (Å²) in [5.74, 6) is 1.43. The molecule has 114 valence electrons. The summed E-state index contributed by atoms with van der Waals surface area (Å²) in [4.78, 5) is 12.5. The van der Waals surface area contributed by atoms with Crippen molar-refractivity contribution in [3.8, 4) is 11.5 Å². The third-order valence-electron chi connectivity index (χ3n) is 6.24. The minimum atomic E-state index is -0.978. The molecule has 1 fully saturated rings. The molecule has 4 unspecified atom stereocenters. The first kappa shape index (κ1) is 12.7. The van der Waals surface area contributed by atoms with Gasteiger partial charge in [0.05, 0.1) is 12.5 Å². The Kier molecular flexibility index (Phi) is 2.16. The summed E-state index contributed by atoms with van der Waals surface area (Å²) >= 11 is 0. The smallest absolute Gasteiger partial charge is 0.196 e. The van der Waals surface area contributed by atoms with E-state index in [-0.39, 0.29) is 11.7 Å². The third kappa shape index (κ3) is 1.12. The first-order valence-corrected chi connectivity index (χ1v) is 7.94. The lowest BCUT2D eigenvalue weighted by atomic mass is 9.47. The maximum absolute atomic E-state index is 12.5. The van der Waals surface area contributed by atoms with E-state index in [9.17, 15) is 9.90 Å². The number of hydrogen-bond acceptors (Lipinski definition) is 4. The zero-order chi connectivity index (χ0) is 15.1. The number of ether oxygens (including phenoxy) is 2. The van der Waals surface area contributed by atoms with E-state index in [0.29, 0.717) is 11.5 Å². The predicted molar refractivity (Wildman–Crippen MR) is 79.2 cm³/mol. The van der Waals surface area contributed by atoms with Crippen molar-refractivity contribution in [3.05, 3.63) is 35.4 Å². The fourth-order valence-corrected chi connectivity index (χ4v) is 5.37. The van der Waals surface area contributed by atoms with Crippen LogP contribution in [0.25, 0.3) is 0 Å². The highest BCUT2D eigenvalue weighted by atomic mass is 16.5. The van der Waals surface area contributed by atoms with Gasteiger partial charge in [-0.2, -0.15) is 0 Å². The molecule has 4 aliphatic rings. The number of carbonyl (C=O) groups is 1. The molecule has 4 heteroatoms. The van der Waals surface area contributed by atoms with E-state index in [4.69, 9.17) is 9.47 Å². The Morgan fingerprint density at radius 2 is 2.27 bits per heavy atom. The fraction of sp³-hybridized carbons (Fsp3) is 0.500. The molecule has 1 N–H and O–H groups in total. The van der Waals surface area contributed by atoms with Crippen LogP contribution in [0, 0.1) is 5.92 Å². The molecule has 3 aliphatic carbocycles. The van der Waals surface area contributed by atoms with Crippen LogP contribution in [0.15, 0.2) is 24.3 Å². The predicted octanol–water partition coefficient (Wildman–Crippen LogP) is 1.92. The molecular weight excluding hydrogens is 280 g/mol. The van der Waals surface area contributed by atoms with Crippen LogP contribution >= 0.6 is 0 Å². The number of hydrogen-bond donors (Lipinski definition) is 1. The highest BCUT2D eigenvalue weighted by Gasteiger charge is 2.70. The summed E-state index contributed by atoms with van der Waals surface area (Å²) in [5.41, 5.74) is 0.622. The van der Waals surface area contributed by atoms with Gasteiger partial charge in [0.1, 0.15) is 5.60 Å². The Morgan fingerprint density at radius 1 is 1.41 bits per heavy atom. The third-order valence-corrected chi connectivity index (χ3v) is 6.24. The second-order valence-electron chi connectivity index (χ2n) is 6.95. The van der Waals surface area contributed by atoms with Gasteiger partial charge in [0.25, 0.3) is 0 Å². The van der Waals surface area contributed by atoms with Crippen molar-refractivity contribution in [2.24, 2.45) is 5.92 Å². The number of ketones is 1. The molecule has 0 aromatic heterocycles. The lowest BCUT2D eigenvalue weighted by Crippen LogP contribution is -2.68. The van der Waals surface area contributed by atoms with Crippen molar-refractivity contribution < 1.29 is 19.4 Å². The van der Waals surface area contributed by atoms with E-state index in [2.05, 4.69) is 6.07 Å². The average molecular weight is 298 g/mol. The van der Waals surface area contributed by atoms with Gasteiger partial charge < -0.3 is 14.6 Å². The van der Waals surface area contributed by atoms with Gasteiger partial charge >= 0.3 is 0 Å². The zero-order valence-electron chi connectivity index (χ0n) is 12.5. The summed E-state index contributed by atoms with van der Waals surface area (Å²) in [6, 6.07) is 3.99. The lowest BCUT2D eigenvalue weighted by Gasteiger charge is -2.57. The number of aliphatic hydroxyl groups is 1. The van der Waals surface area contributed by atoms with Crippen LogP contribution in [0.1, 0.15) is 30.4 Å². The van der Waals surface area contributed by atoms with Crippen molar-refractivity contribution in [1.82, 2.24) is 0 Å². The van der Waals surface area contributed by atoms with Gasteiger partial charge in [-0.1, -0.05) is 12.5 Å². The molecule has 4 atom stereocenters. The van der Waals surface area contributed by atoms with E-state index in [0.717, 1.165) is 31.2 Å². The lowest BCUT2D eigenvalue weighted by molar-refractivity contribution is -0.144. The molecule has 5 rings (SSSR count). The Hall–Kier alpha value is -1.81.